The standard InChI is InChI=1S/C17H22N2O/c1-12(2)14-9-10-18-15(11-14)8-7-13(3)16-5-4-6-17(20)19-16/h4-6,9-13H,7-8H2,1-3H3,(H,19,20). The third kappa shape index (κ3) is 3.80. The molecule has 2 rings (SSSR count). The van der Waals surface area contributed by atoms with E-state index in [2.05, 4.69) is 42.9 Å². The number of pyridine rings is 2. The average molecular weight is 270 g/mol. The lowest BCUT2D eigenvalue weighted by molar-refractivity contribution is 0.649. The van der Waals surface area contributed by atoms with E-state index in [1.54, 1.807) is 6.07 Å². The van der Waals surface area contributed by atoms with Crippen molar-refractivity contribution in [2.24, 2.45) is 0 Å². The van der Waals surface area contributed by atoms with Gasteiger partial charge >= 0.3 is 0 Å². The maximum Gasteiger partial charge on any atom is 0.248 e. The van der Waals surface area contributed by atoms with E-state index in [0.29, 0.717) is 11.8 Å². The molecule has 0 saturated carbocycles. The molecule has 2 heterocycles. The Labute approximate surface area is 120 Å². The van der Waals surface area contributed by atoms with Crippen molar-refractivity contribution in [3.05, 3.63) is 63.8 Å². The Bertz CT molecular complexity index is 616. The summed E-state index contributed by atoms with van der Waals surface area (Å²) in [6, 6.07) is 9.59. The zero-order valence-electron chi connectivity index (χ0n) is 12.4. The molecule has 1 N–H and O–H groups in total. The molecule has 1 atom stereocenters. The molecule has 0 aliphatic rings. The van der Waals surface area contributed by atoms with Crippen molar-refractivity contribution in [3.63, 3.8) is 0 Å². The van der Waals surface area contributed by atoms with Gasteiger partial charge in [-0.25, -0.2) is 0 Å². The van der Waals surface area contributed by atoms with Crippen molar-refractivity contribution in [1.82, 2.24) is 9.97 Å². The van der Waals surface area contributed by atoms with Gasteiger partial charge in [0.15, 0.2) is 0 Å². The molecule has 0 spiro atoms. The fourth-order valence-electron chi connectivity index (χ4n) is 2.26. The van der Waals surface area contributed by atoms with Gasteiger partial charge in [0.25, 0.3) is 0 Å². The fourth-order valence-corrected chi connectivity index (χ4v) is 2.26. The van der Waals surface area contributed by atoms with Crippen LogP contribution < -0.4 is 5.56 Å². The molecule has 0 aliphatic heterocycles. The second-order valence-corrected chi connectivity index (χ2v) is 5.65. The third-order valence-corrected chi connectivity index (χ3v) is 3.66. The van der Waals surface area contributed by atoms with Crippen molar-refractivity contribution >= 4 is 0 Å². The van der Waals surface area contributed by atoms with Crippen LogP contribution in [0, 0.1) is 0 Å². The highest BCUT2D eigenvalue weighted by Gasteiger charge is 2.08. The summed E-state index contributed by atoms with van der Waals surface area (Å²) in [5.74, 6) is 0.855. The monoisotopic (exact) mass is 270 g/mol. The molecule has 0 bridgehead atoms. The first-order chi connectivity index (χ1) is 9.56. The van der Waals surface area contributed by atoms with Crippen LogP contribution in [0.15, 0.2) is 41.3 Å². The first-order valence-electron chi connectivity index (χ1n) is 7.20. The van der Waals surface area contributed by atoms with Crippen LogP contribution in [0.2, 0.25) is 0 Å². The largest absolute Gasteiger partial charge is 0.326 e. The van der Waals surface area contributed by atoms with Crippen LogP contribution in [0.4, 0.5) is 0 Å². The SMILES string of the molecule is CC(C)c1ccnc(CCC(C)c2cccc(=O)[nH]2)c1. The lowest BCUT2D eigenvalue weighted by Gasteiger charge is -2.12. The summed E-state index contributed by atoms with van der Waals surface area (Å²) in [5, 5.41) is 0. The Morgan fingerprint density at radius 3 is 2.70 bits per heavy atom. The van der Waals surface area contributed by atoms with Crippen molar-refractivity contribution in [2.75, 3.05) is 0 Å². The van der Waals surface area contributed by atoms with Crippen molar-refractivity contribution in [1.29, 1.82) is 0 Å². The molecule has 0 fully saturated rings. The van der Waals surface area contributed by atoms with E-state index < -0.39 is 0 Å². The van der Waals surface area contributed by atoms with Crippen LogP contribution in [0.25, 0.3) is 0 Å². The quantitative estimate of drug-likeness (QED) is 0.901. The van der Waals surface area contributed by atoms with E-state index in [1.807, 2.05) is 18.3 Å². The molecular weight excluding hydrogens is 248 g/mol. The minimum atomic E-state index is -0.0331. The zero-order chi connectivity index (χ0) is 14.5. The molecular formula is C17H22N2O. The number of rotatable bonds is 5. The van der Waals surface area contributed by atoms with Gasteiger partial charge in [0.2, 0.25) is 5.56 Å². The maximum atomic E-state index is 11.3. The van der Waals surface area contributed by atoms with E-state index in [9.17, 15) is 4.79 Å². The number of aromatic nitrogens is 2. The molecule has 0 saturated heterocycles. The van der Waals surface area contributed by atoms with Crippen LogP contribution in [0.3, 0.4) is 0 Å². The first-order valence-corrected chi connectivity index (χ1v) is 7.20. The molecule has 1 unspecified atom stereocenters. The van der Waals surface area contributed by atoms with Gasteiger partial charge in [0.05, 0.1) is 0 Å². The second-order valence-electron chi connectivity index (χ2n) is 5.65. The molecule has 3 heteroatoms. The van der Waals surface area contributed by atoms with Crippen LogP contribution in [-0.4, -0.2) is 9.97 Å². The minimum Gasteiger partial charge on any atom is -0.326 e. The van der Waals surface area contributed by atoms with Gasteiger partial charge in [-0.15, -0.1) is 0 Å². The first kappa shape index (κ1) is 14.5. The third-order valence-electron chi connectivity index (χ3n) is 3.66. The van der Waals surface area contributed by atoms with E-state index >= 15 is 0 Å². The summed E-state index contributed by atoms with van der Waals surface area (Å²) in [5.41, 5.74) is 3.42. The molecule has 0 aliphatic carbocycles. The van der Waals surface area contributed by atoms with Crippen LogP contribution in [0.5, 0.6) is 0 Å². The summed E-state index contributed by atoms with van der Waals surface area (Å²) >= 11 is 0. The molecule has 106 valence electrons. The summed E-state index contributed by atoms with van der Waals surface area (Å²) in [6.45, 7) is 6.52. The number of aryl methyl sites for hydroxylation is 1. The predicted molar refractivity (Wildman–Crippen MR) is 82.1 cm³/mol. The van der Waals surface area contributed by atoms with Gasteiger partial charge in [-0.3, -0.25) is 9.78 Å². The van der Waals surface area contributed by atoms with Gasteiger partial charge in [0.1, 0.15) is 0 Å². The van der Waals surface area contributed by atoms with E-state index in [-0.39, 0.29) is 5.56 Å². The Balaban J connectivity index is 2.01. The van der Waals surface area contributed by atoms with Gasteiger partial charge in [-0.1, -0.05) is 26.8 Å². The highest BCUT2D eigenvalue weighted by atomic mass is 16.1. The second kappa shape index (κ2) is 6.51. The smallest absolute Gasteiger partial charge is 0.248 e. The molecule has 0 radical (unpaired) electrons. The number of nitrogens with zero attached hydrogens (tertiary/aromatic N) is 1. The average Bonchev–Trinajstić information content (AvgIpc) is 2.45. The van der Waals surface area contributed by atoms with E-state index in [4.69, 9.17) is 0 Å². The Hall–Kier alpha value is -1.90. The number of hydrogen-bond acceptors (Lipinski definition) is 2. The van der Waals surface area contributed by atoms with Gasteiger partial charge < -0.3 is 4.98 Å². The molecule has 2 aromatic rings. The van der Waals surface area contributed by atoms with Crippen molar-refractivity contribution < 1.29 is 0 Å². The molecule has 0 amide bonds. The van der Waals surface area contributed by atoms with Crippen LogP contribution in [0.1, 0.15) is 56.0 Å². The Morgan fingerprint density at radius 1 is 1.20 bits per heavy atom. The Morgan fingerprint density at radius 2 is 2.00 bits per heavy atom. The van der Waals surface area contributed by atoms with Crippen LogP contribution >= 0.6 is 0 Å². The maximum absolute atomic E-state index is 11.3. The molecule has 3 nitrogen and oxygen atoms in total. The molecule has 0 aromatic carbocycles. The lowest BCUT2D eigenvalue weighted by Crippen LogP contribution is -2.09. The van der Waals surface area contributed by atoms with E-state index in [1.165, 1.54) is 5.56 Å². The predicted octanol–water partition coefficient (Wildman–Crippen LogP) is 3.63. The highest BCUT2D eigenvalue weighted by molar-refractivity contribution is 5.20. The fraction of sp³-hybridized carbons (Fsp3) is 0.412. The number of nitrogens with one attached hydrogen (secondary N) is 1. The number of aromatic amines is 1. The zero-order valence-corrected chi connectivity index (χ0v) is 12.4. The summed E-state index contributed by atoms with van der Waals surface area (Å²) < 4.78 is 0. The highest BCUT2D eigenvalue weighted by Crippen LogP contribution is 2.19. The Kier molecular flexibility index (Phi) is 4.72. The van der Waals surface area contributed by atoms with E-state index in [0.717, 1.165) is 24.2 Å². The molecule has 2 aromatic heterocycles. The number of H-pyrrole nitrogens is 1. The summed E-state index contributed by atoms with van der Waals surface area (Å²) in [7, 11) is 0. The topological polar surface area (TPSA) is 45.8 Å². The summed E-state index contributed by atoms with van der Waals surface area (Å²) in [6.07, 6.45) is 3.80. The van der Waals surface area contributed by atoms with Crippen LogP contribution in [-0.2, 0) is 6.42 Å². The minimum absolute atomic E-state index is 0.0331. The van der Waals surface area contributed by atoms with Crippen molar-refractivity contribution in [3.8, 4) is 0 Å². The van der Waals surface area contributed by atoms with Gasteiger partial charge in [-0.05, 0) is 48.4 Å². The molecule has 20 heavy (non-hydrogen) atoms. The van der Waals surface area contributed by atoms with Gasteiger partial charge in [0, 0.05) is 23.7 Å². The summed E-state index contributed by atoms with van der Waals surface area (Å²) in [4.78, 5) is 18.7. The van der Waals surface area contributed by atoms with Gasteiger partial charge in [-0.2, -0.15) is 0 Å². The lowest BCUT2D eigenvalue weighted by atomic mass is 9.98. The number of hydrogen-bond donors (Lipinski definition) is 1. The normalized spacial score (nSPS) is 12.6. The van der Waals surface area contributed by atoms with Crippen molar-refractivity contribution in [2.45, 2.75) is 45.4 Å².